The topological polar surface area (TPSA) is 44.8 Å². The summed E-state index contributed by atoms with van der Waals surface area (Å²) in [6.07, 6.45) is -0.423. The van der Waals surface area contributed by atoms with Gasteiger partial charge in [0.2, 0.25) is 0 Å². The second-order valence-electron chi connectivity index (χ2n) is 2.88. The van der Waals surface area contributed by atoms with E-state index in [1.165, 1.54) is 0 Å². The van der Waals surface area contributed by atoms with E-state index >= 15 is 0 Å². The van der Waals surface area contributed by atoms with Crippen molar-refractivity contribution in [3.8, 4) is 0 Å². The fourth-order valence-corrected chi connectivity index (χ4v) is 1.81. The van der Waals surface area contributed by atoms with Crippen LogP contribution in [0.25, 0.3) is 0 Å². The minimum Gasteiger partial charge on any atom is -0.467 e. The molecule has 13 heavy (non-hydrogen) atoms. The third kappa shape index (κ3) is 7.75. The standard InChI is InChI=1S/C7H16O4P.Li/c1-6(2)10-12(8,9-5)11-7(3)4;/h6-7H,5H2,1-4H3;/q-1;+1. The van der Waals surface area contributed by atoms with E-state index in [1.54, 1.807) is 27.7 Å². The summed E-state index contributed by atoms with van der Waals surface area (Å²) in [6, 6.07) is 0. The van der Waals surface area contributed by atoms with E-state index in [4.69, 9.17) is 9.05 Å². The van der Waals surface area contributed by atoms with Gasteiger partial charge in [0.25, 0.3) is 0 Å². The second kappa shape index (κ2) is 7.06. The summed E-state index contributed by atoms with van der Waals surface area (Å²) in [5.74, 6) is 0. The van der Waals surface area contributed by atoms with Crippen LogP contribution in [0.4, 0.5) is 0 Å². The Bertz CT molecular complexity index is 158. The molecule has 0 heterocycles. The molecule has 0 unspecified atom stereocenters. The molecule has 0 saturated carbocycles. The first kappa shape index (κ1) is 16.1. The van der Waals surface area contributed by atoms with Crippen LogP contribution in [0.5, 0.6) is 0 Å². The van der Waals surface area contributed by atoms with Gasteiger partial charge in [-0.25, -0.2) is 11.7 Å². The number of hydrogen-bond acceptors (Lipinski definition) is 4. The third-order valence-electron chi connectivity index (χ3n) is 0.838. The molecule has 0 aliphatic heterocycles. The summed E-state index contributed by atoms with van der Waals surface area (Å²) in [7, 11) is -0.373. The van der Waals surface area contributed by atoms with Gasteiger partial charge in [0.05, 0.1) is 12.2 Å². The van der Waals surface area contributed by atoms with Gasteiger partial charge in [0.15, 0.2) is 0 Å². The maximum Gasteiger partial charge on any atom is 1.00 e. The van der Waals surface area contributed by atoms with Crippen LogP contribution in [0.15, 0.2) is 0 Å². The fourth-order valence-electron chi connectivity index (χ4n) is 0.602. The van der Waals surface area contributed by atoms with Gasteiger partial charge < -0.3 is 4.52 Å². The normalized spacial score (nSPS) is 11.9. The van der Waals surface area contributed by atoms with Crippen LogP contribution in [0.1, 0.15) is 27.7 Å². The number of phosphoric acid groups is 1. The molecular formula is C7H16LiO4P. The maximum absolute atomic E-state index is 11.5. The summed E-state index contributed by atoms with van der Waals surface area (Å²) in [5, 5.41) is 0. The number of rotatable bonds is 5. The first-order valence-corrected chi connectivity index (χ1v) is 5.26. The smallest absolute Gasteiger partial charge is 0.467 e. The van der Waals surface area contributed by atoms with Gasteiger partial charge in [-0.15, -0.1) is 0 Å². The molecule has 0 bridgehead atoms. The molecule has 0 aromatic heterocycles. The van der Waals surface area contributed by atoms with Crippen LogP contribution in [0.2, 0.25) is 0 Å². The minimum atomic E-state index is -3.42. The van der Waals surface area contributed by atoms with Gasteiger partial charge in [0, 0.05) is 0 Å². The van der Waals surface area contributed by atoms with Gasteiger partial charge in [-0.1, -0.05) is 0 Å². The van der Waals surface area contributed by atoms with E-state index < -0.39 is 7.82 Å². The second-order valence-corrected chi connectivity index (χ2v) is 4.46. The predicted molar refractivity (Wildman–Crippen MR) is 46.5 cm³/mol. The van der Waals surface area contributed by atoms with E-state index in [9.17, 15) is 4.57 Å². The van der Waals surface area contributed by atoms with Gasteiger partial charge in [0.1, 0.15) is 0 Å². The Kier molecular flexibility index (Phi) is 8.77. The average molecular weight is 202 g/mol. The largest absolute Gasteiger partial charge is 1.00 e. The zero-order valence-corrected chi connectivity index (χ0v) is 9.84. The number of phosphoric ester groups is 1. The Morgan fingerprint density at radius 3 is 1.54 bits per heavy atom. The van der Waals surface area contributed by atoms with Crippen molar-refractivity contribution >= 4 is 7.82 Å². The fraction of sp³-hybridized carbons (Fsp3) is 0.857. The maximum atomic E-state index is 11.5. The van der Waals surface area contributed by atoms with Crippen molar-refractivity contribution in [1.82, 2.24) is 0 Å². The molecule has 0 spiro atoms. The molecule has 0 N–H and O–H groups in total. The van der Waals surface area contributed by atoms with Crippen LogP contribution in [0.3, 0.4) is 0 Å². The molecule has 0 atom stereocenters. The Morgan fingerprint density at radius 1 is 1.08 bits per heavy atom. The van der Waals surface area contributed by atoms with E-state index in [1.807, 2.05) is 0 Å². The molecule has 0 aromatic carbocycles. The van der Waals surface area contributed by atoms with Gasteiger partial charge >= 0.3 is 26.7 Å². The van der Waals surface area contributed by atoms with Crippen molar-refractivity contribution in [3.63, 3.8) is 0 Å². The monoisotopic (exact) mass is 202 g/mol. The summed E-state index contributed by atoms with van der Waals surface area (Å²) in [4.78, 5) is 0. The Morgan fingerprint density at radius 2 is 1.38 bits per heavy atom. The molecule has 0 aliphatic carbocycles. The van der Waals surface area contributed by atoms with Crippen LogP contribution in [-0.2, 0) is 18.1 Å². The molecule has 0 fully saturated rings. The quantitative estimate of drug-likeness (QED) is 0.350. The summed E-state index contributed by atoms with van der Waals surface area (Å²) < 4.78 is 25.8. The van der Waals surface area contributed by atoms with Crippen LogP contribution in [-0.4, -0.2) is 12.2 Å². The zero-order valence-electron chi connectivity index (χ0n) is 8.94. The van der Waals surface area contributed by atoms with Gasteiger partial charge in [-0.05, 0) is 27.7 Å². The zero-order chi connectivity index (χ0) is 9.78. The van der Waals surface area contributed by atoms with Crippen molar-refractivity contribution in [1.29, 1.82) is 0 Å². The van der Waals surface area contributed by atoms with Crippen LogP contribution in [0, 0.1) is 7.11 Å². The minimum absolute atomic E-state index is 0. The van der Waals surface area contributed by atoms with Crippen molar-refractivity contribution in [2.24, 2.45) is 0 Å². The SMILES string of the molecule is [CH2-]OP(=O)(OC(C)C)OC(C)C.[Li+]. The summed E-state index contributed by atoms with van der Waals surface area (Å²) in [6.45, 7) is 6.98. The molecular weight excluding hydrogens is 186 g/mol. The van der Waals surface area contributed by atoms with E-state index in [0.717, 1.165) is 0 Å². The molecule has 0 aromatic rings. The van der Waals surface area contributed by atoms with Crippen molar-refractivity contribution in [2.75, 3.05) is 0 Å². The van der Waals surface area contributed by atoms with Crippen molar-refractivity contribution < 1.29 is 37.0 Å². The Balaban J connectivity index is 0. The Hall–Kier alpha value is 0.707. The summed E-state index contributed by atoms with van der Waals surface area (Å²) >= 11 is 0. The third-order valence-corrected chi connectivity index (χ3v) is 2.51. The van der Waals surface area contributed by atoms with E-state index in [2.05, 4.69) is 11.6 Å². The average Bonchev–Trinajstić information content (AvgIpc) is 1.83. The van der Waals surface area contributed by atoms with Crippen LogP contribution < -0.4 is 18.9 Å². The molecule has 6 heteroatoms. The summed E-state index contributed by atoms with van der Waals surface area (Å²) in [5.41, 5.74) is 0. The van der Waals surface area contributed by atoms with Crippen molar-refractivity contribution in [2.45, 2.75) is 39.9 Å². The van der Waals surface area contributed by atoms with E-state index in [0.29, 0.717) is 0 Å². The van der Waals surface area contributed by atoms with Crippen LogP contribution >= 0.6 is 7.82 Å². The molecule has 0 radical (unpaired) electrons. The molecule has 74 valence electrons. The van der Waals surface area contributed by atoms with Gasteiger partial charge in [-0.2, -0.15) is 0 Å². The molecule has 0 amide bonds. The van der Waals surface area contributed by atoms with Gasteiger partial charge in [-0.3, -0.25) is 9.05 Å². The molecule has 0 rings (SSSR count). The molecule has 0 saturated heterocycles. The first-order valence-electron chi connectivity index (χ1n) is 3.80. The number of hydrogen-bond donors (Lipinski definition) is 0. The molecule has 4 nitrogen and oxygen atoms in total. The van der Waals surface area contributed by atoms with Crippen molar-refractivity contribution in [3.05, 3.63) is 7.11 Å². The first-order chi connectivity index (χ1) is 5.39. The molecule has 0 aliphatic rings. The predicted octanol–water partition coefficient (Wildman–Crippen LogP) is -0.243. The van der Waals surface area contributed by atoms with E-state index in [-0.39, 0.29) is 31.1 Å². The Labute approximate surface area is 92.1 Å².